The average Bonchev–Trinajstić information content (AvgIpc) is 3.15. The van der Waals surface area contributed by atoms with Crippen LogP contribution in [0, 0.1) is 0 Å². The minimum atomic E-state index is 0.764. The highest BCUT2D eigenvalue weighted by molar-refractivity contribution is 4.91. The van der Waals surface area contributed by atoms with Crippen molar-refractivity contribution in [3.63, 3.8) is 0 Å². The Morgan fingerprint density at radius 3 is 2.06 bits per heavy atom. The van der Waals surface area contributed by atoms with Crippen molar-refractivity contribution in [1.82, 2.24) is 10.2 Å². The Bertz CT molecular complexity index is 198. The predicted octanol–water partition coefficient (Wildman–Crippen LogP) is 1.63. The molecule has 2 saturated carbocycles. The van der Waals surface area contributed by atoms with Crippen LogP contribution in [0.1, 0.15) is 38.5 Å². The molecule has 0 bridgehead atoms. The van der Waals surface area contributed by atoms with Crippen LogP contribution in [0.4, 0.5) is 0 Å². The summed E-state index contributed by atoms with van der Waals surface area (Å²) in [6.07, 6.45) is 8.25. The molecule has 0 heterocycles. The second kappa shape index (κ2) is 5.99. The molecule has 1 N–H and O–H groups in total. The minimum Gasteiger partial charge on any atom is -0.383 e. The lowest BCUT2D eigenvalue weighted by Gasteiger charge is -2.37. The lowest BCUT2D eigenvalue weighted by Crippen LogP contribution is -2.44. The second-order valence-corrected chi connectivity index (χ2v) is 5.26. The lowest BCUT2D eigenvalue weighted by molar-refractivity contribution is 0.0912. The Kier molecular flexibility index (Phi) is 4.62. The molecule has 0 aliphatic heterocycles. The van der Waals surface area contributed by atoms with Crippen molar-refractivity contribution < 1.29 is 4.74 Å². The maximum Gasteiger partial charge on any atom is 0.0589 e. The van der Waals surface area contributed by atoms with Gasteiger partial charge >= 0.3 is 0 Å². The van der Waals surface area contributed by atoms with Crippen molar-refractivity contribution in [1.29, 1.82) is 0 Å². The molecular weight excluding hydrogens is 200 g/mol. The van der Waals surface area contributed by atoms with Gasteiger partial charge < -0.3 is 10.1 Å². The molecule has 0 aromatic heterocycles. The summed E-state index contributed by atoms with van der Waals surface area (Å²) >= 11 is 0. The second-order valence-electron chi connectivity index (χ2n) is 5.26. The zero-order valence-corrected chi connectivity index (χ0v) is 10.7. The van der Waals surface area contributed by atoms with Crippen molar-refractivity contribution in [3.8, 4) is 0 Å². The van der Waals surface area contributed by atoms with Gasteiger partial charge in [-0.3, -0.25) is 4.90 Å². The molecule has 2 aliphatic rings. The molecule has 3 nitrogen and oxygen atoms in total. The SMILES string of the molecule is CNC1CCC(N(CCOC)C2CC2)CC1. The Morgan fingerprint density at radius 2 is 1.62 bits per heavy atom. The van der Waals surface area contributed by atoms with Gasteiger partial charge in [0.05, 0.1) is 6.61 Å². The molecule has 0 aromatic carbocycles. The van der Waals surface area contributed by atoms with Crippen molar-refractivity contribution in [3.05, 3.63) is 0 Å². The first-order valence-electron chi connectivity index (χ1n) is 6.77. The Balaban J connectivity index is 1.79. The standard InChI is InChI=1S/C13H26N2O/c1-14-11-3-5-12(6-4-11)15(9-10-16-2)13-7-8-13/h11-14H,3-10H2,1-2H3. The summed E-state index contributed by atoms with van der Waals surface area (Å²) in [5.74, 6) is 0. The Labute approximate surface area is 99.5 Å². The van der Waals surface area contributed by atoms with E-state index in [1.807, 2.05) is 7.11 Å². The molecule has 0 radical (unpaired) electrons. The molecule has 2 fully saturated rings. The van der Waals surface area contributed by atoms with Crippen LogP contribution in [0.2, 0.25) is 0 Å². The third kappa shape index (κ3) is 3.19. The first-order chi connectivity index (χ1) is 7.85. The zero-order chi connectivity index (χ0) is 11.4. The van der Waals surface area contributed by atoms with Gasteiger partial charge in [0.1, 0.15) is 0 Å². The summed E-state index contributed by atoms with van der Waals surface area (Å²) in [4.78, 5) is 2.72. The van der Waals surface area contributed by atoms with Crippen molar-refractivity contribution >= 4 is 0 Å². The van der Waals surface area contributed by atoms with Gasteiger partial charge in [-0.1, -0.05) is 0 Å². The maximum atomic E-state index is 5.23. The van der Waals surface area contributed by atoms with Gasteiger partial charge in [-0.05, 0) is 45.6 Å². The van der Waals surface area contributed by atoms with Crippen molar-refractivity contribution in [2.45, 2.75) is 56.7 Å². The molecule has 2 rings (SSSR count). The van der Waals surface area contributed by atoms with Gasteiger partial charge in [-0.25, -0.2) is 0 Å². The Morgan fingerprint density at radius 1 is 1.06 bits per heavy atom. The van der Waals surface area contributed by atoms with Crippen LogP contribution in [0.25, 0.3) is 0 Å². The van der Waals surface area contributed by atoms with Gasteiger partial charge in [0.25, 0.3) is 0 Å². The van der Waals surface area contributed by atoms with Crippen LogP contribution < -0.4 is 5.32 Å². The van der Waals surface area contributed by atoms with E-state index in [4.69, 9.17) is 4.74 Å². The normalized spacial score (nSPS) is 30.9. The van der Waals surface area contributed by atoms with Gasteiger partial charge in [-0.15, -0.1) is 0 Å². The van der Waals surface area contributed by atoms with E-state index in [0.717, 1.165) is 31.3 Å². The van der Waals surface area contributed by atoms with E-state index in [1.165, 1.54) is 38.5 Å². The quantitative estimate of drug-likeness (QED) is 0.745. The van der Waals surface area contributed by atoms with Crippen molar-refractivity contribution in [2.75, 3.05) is 27.3 Å². The van der Waals surface area contributed by atoms with Gasteiger partial charge in [0.15, 0.2) is 0 Å². The highest BCUT2D eigenvalue weighted by atomic mass is 16.5. The van der Waals surface area contributed by atoms with Crippen LogP contribution >= 0.6 is 0 Å². The van der Waals surface area contributed by atoms with Crippen LogP contribution in [0.5, 0.6) is 0 Å². The zero-order valence-electron chi connectivity index (χ0n) is 10.7. The highest BCUT2D eigenvalue weighted by Gasteiger charge is 2.35. The summed E-state index contributed by atoms with van der Waals surface area (Å²) in [5, 5.41) is 3.41. The first kappa shape index (κ1) is 12.3. The number of rotatable bonds is 6. The number of ether oxygens (including phenoxy) is 1. The van der Waals surface area contributed by atoms with Gasteiger partial charge in [0, 0.05) is 31.8 Å². The monoisotopic (exact) mass is 226 g/mol. The molecular formula is C13H26N2O. The number of hydrogen-bond donors (Lipinski definition) is 1. The lowest BCUT2D eigenvalue weighted by atomic mass is 9.90. The van der Waals surface area contributed by atoms with Crippen LogP contribution in [-0.2, 0) is 4.74 Å². The number of nitrogens with one attached hydrogen (secondary N) is 1. The largest absolute Gasteiger partial charge is 0.383 e. The maximum absolute atomic E-state index is 5.23. The first-order valence-corrected chi connectivity index (χ1v) is 6.77. The van der Waals surface area contributed by atoms with E-state index in [-0.39, 0.29) is 0 Å². The van der Waals surface area contributed by atoms with Gasteiger partial charge in [0.2, 0.25) is 0 Å². The number of hydrogen-bond acceptors (Lipinski definition) is 3. The molecule has 0 unspecified atom stereocenters. The molecule has 0 atom stereocenters. The van der Waals surface area contributed by atoms with Crippen molar-refractivity contribution in [2.24, 2.45) is 0 Å². The molecule has 16 heavy (non-hydrogen) atoms. The van der Waals surface area contributed by atoms with E-state index in [2.05, 4.69) is 17.3 Å². The number of methoxy groups -OCH3 is 1. The topological polar surface area (TPSA) is 24.5 Å². The third-order valence-electron chi connectivity index (χ3n) is 4.14. The minimum absolute atomic E-state index is 0.764. The summed E-state index contributed by atoms with van der Waals surface area (Å²) < 4.78 is 5.23. The van der Waals surface area contributed by atoms with E-state index >= 15 is 0 Å². The molecule has 0 spiro atoms. The predicted molar refractivity (Wildman–Crippen MR) is 66.7 cm³/mol. The van der Waals surface area contributed by atoms with E-state index in [0.29, 0.717) is 0 Å². The van der Waals surface area contributed by atoms with E-state index < -0.39 is 0 Å². The van der Waals surface area contributed by atoms with E-state index in [1.54, 1.807) is 0 Å². The third-order valence-corrected chi connectivity index (χ3v) is 4.14. The Hall–Kier alpha value is -0.120. The molecule has 0 saturated heterocycles. The fourth-order valence-electron chi connectivity index (χ4n) is 2.96. The smallest absolute Gasteiger partial charge is 0.0589 e. The summed E-state index contributed by atoms with van der Waals surface area (Å²) in [7, 11) is 3.90. The summed E-state index contributed by atoms with van der Waals surface area (Å²) in [6, 6.07) is 2.47. The average molecular weight is 226 g/mol. The van der Waals surface area contributed by atoms with Gasteiger partial charge in [-0.2, -0.15) is 0 Å². The summed E-state index contributed by atoms with van der Waals surface area (Å²) in [5.41, 5.74) is 0. The molecule has 3 heteroatoms. The highest BCUT2D eigenvalue weighted by Crippen LogP contribution is 2.33. The molecule has 94 valence electrons. The molecule has 0 amide bonds. The van der Waals surface area contributed by atoms with Crippen LogP contribution in [0.15, 0.2) is 0 Å². The molecule has 2 aliphatic carbocycles. The van der Waals surface area contributed by atoms with Crippen LogP contribution in [-0.4, -0.2) is 50.3 Å². The summed E-state index contributed by atoms with van der Waals surface area (Å²) in [6.45, 7) is 2.03. The fourth-order valence-corrected chi connectivity index (χ4v) is 2.96. The number of nitrogens with zero attached hydrogens (tertiary/aromatic N) is 1. The van der Waals surface area contributed by atoms with E-state index in [9.17, 15) is 0 Å². The van der Waals surface area contributed by atoms with Crippen LogP contribution in [0.3, 0.4) is 0 Å². The fraction of sp³-hybridized carbons (Fsp3) is 1.00. The molecule has 0 aromatic rings.